The number of methoxy groups -OCH3 is 6. The molecule has 0 aliphatic heterocycles. The maximum atomic E-state index is 5.96. The summed E-state index contributed by atoms with van der Waals surface area (Å²) in [5.74, 6) is 4.48. The van der Waals surface area contributed by atoms with E-state index in [0.717, 1.165) is 84.6 Å². The van der Waals surface area contributed by atoms with Crippen LogP contribution in [0.25, 0.3) is 0 Å². The minimum Gasteiger partial charge on any atom is -0.497 e. The van der Waals surface area contributed by atoms with Crippen molar-refractivity contribution in [1.82, 2.24) is 0 Å². The molecule has 0 radical (unpaired) electrons. The summed E-state index contributed by atoms with van der Waals surface area (Å²) in [5, 5.41) is -3.28. The smallest absolute Gasteiger partial charge is 0.208 e. The Bertz CT molecular complexity index is 2570. The van der Waals surface area contributed by atoms with Gasteiger partial charge in [0.2, 0.25) is 6.71 Å². The van der Waals surface area contributed by atoms with E-state index in [1.165, 1.54) is 0 Å². The Morgan fingerprint density at radius 1 is 0.200 bits per heavy atom. The lowest BCUT2D eigenvalue weighted by molar-refractivity contribution is 0.414. The lowest BCUT2D eigenvalue weighted by Gasteiger charge is -2.59. The van der Waals surface area contributed by atoms with E-state index in [9.17, 15) is 0 Å². The quantitative estimate of drug-likeness (QED) is 0.0631. The first-order valence-corrected chi connectivity index (χ1v) is 23.5. The van der Waals surface area contributed by atoms with Crippen LogP contribution >= 0.6 is 0 Å². The van der Waals surface area contributed by atoms with Gasteiger partial charge in [-0.3, -0.25) is 0 Å². The summed E-state index contributed by atoms with van der Waals surface area (Å²) < 4.78 is 35.7. The Balaban J connectivity index is 1.68. The van der Waals surface area contributed by atoms with E-state index < -0.39 is 22.7 Å². The number of ether oxygens (including phenoxy) is 6. The first-order valence-electron chi connectivity index (χ1n) is 23.5. The van der Waals surface area contributed by atoms with Gasteiger partial charge in [0, 0.05) is 15.9 Å². The molecule has 7 heteroatoms. The van der Waals surface area contributed by atoms with Gasteiger partial charge in [-0.25, -0.2) is 0 Å². The van der Waals surface area contributed by atoms with E-state index in [0.29, 0.717) is 0 Å². The van der Waals surface area contributed by atoms with E-state index in [2.05, 4.69) is 237 Å². The summed E-state index contributed by atoms with van der Waals surface area (Å²) in [4.78, 5) is 0. The first-order chi connectivity index (χ1) is 34.4. The molecule has 0 saturated heterocycles. The summed E-state index contributed by atoms with van der Waals surface area (Å²) in [5.41, 5.74) is 9.45. The largest absolute Gasteiger partial charge is 0.497 e. The van der Waals surface area contributed by atoms with Crippen LogP contribution in [0.5, 0.6) is 34.5 Å². The Kier molecular flexibility index (Phi) is 13.8. The third kappa shape index (κ3) is 8.11. The monoisotopic (exact) mass is 920 g/mol. The van der Waals surface area contributed by atoms with E-state index in [1.54, 1.807) is 42.7 Å². The number of benzene rings is 9. The molecule has 0 spiro atoms. The van der Waals surface area contributed by atoms with Crippen molar-refractivity contribution in [3.05, 3.63) is 287 Å². The molecule has 0 amide bonds. The standard InChI is InChI=1S/C63H57BO6/c1-65-55-34-22-49(23-35-55)61(46-16-10-7-11-17-46,50-24-36-56(66-2)37-25-50)64(62(47-18-12-8-13-19-47,51-26-38-57(67-3)39-27-51)52-28-40-58(68-4)41-29-52)63(48-20-14-9-15-21-48,53-30-42-59(69-5)43-31-53)54-32-44-60(70-6)45-33-54/h7-45H,1-6H3. The number of hydrogen-bond acceptors (Lipinski definition) is 6. The second-order valence-electron chi connectivity index (χ2n) is 17.3. The minimum absolute atomic E-state index is 0.606. The molecule has 0 aliphatic carbocycles. The van der Waals surface area contributed by atoms with Gasteiger partial charge in [-0.05, 0) is 123 Å². The highest BCUT2D eigenvalue weighted by Crippen LogP contribution is 2.62. The third-order valence-electron chi connectivity index (χ3n) is 14.3. The second kappa shape index (κ2) is 20.6. The molecule has 0 N–H and O–H groups in total. The van der Waals surface area contributed by atoms with Crippen molar-refractivity contribution < 1.29 is 28.4 Å². The lowest BCUT2D eigenvalue weighted by Crippen LogP contribution is -2.69. The maximum absolute atomic E-state index is 5.96. The molecule has 9 aromatic carbocycles. The van der Waals surface area contributed by atoms with Crippen LogP contribution in [0.4, 0.5) is 0 Å². The van der Waals surface area contributed by atoms with Gasteiger partial charge in [0.1, 0.15) is 34.5 Å². The number of hydrogen-bond donors (Lipinski definition) is 0. The molecule has 9 aromatic rings. The zero-order chi connectivity index (χ0) is 48.6. The van der Waals surface area contributed by atoms with E-state index >= 15 is 0 Å². The molecule has 0 aliphatic rings. The summed E-state index contributed by atoms with van der Waals surface area (Å²) >= 11 is 0. The van der Waals surface area contributed by atoms with Gasteiger partial charge in [-0.15, -0.1) is 0 Å². The van der Waals surface area contributed by atoms with Crippen LogP contribution in [0.3, 0.4) is 0 Å². The van der Waals surface area contributed by atoms with Crippen molar-refractivity contribution >= 4 is 6.71 Å². The molecule has 0 aromatic heterocycles. The van der Waals surface area contributed by atoms with Crippen LogP contribution in [0.1, 0.15) is 50.1 Å². The fraction of sp³-hybridized carbons (Fsp3) is 0.143. The SMILES string of the molecule is COc1ccc(C(B(C(c2ccccc2)(c2ccc(OC)cc2)c2ccc(OC)cc2)C(c2ccccc2)(c2ccc(OC)cc2)c2ccc(OC)cc2)(c2ccccc2)c2ccc(OC)cc2)cc1. The van der Waals surface area contributed by atoms with Crippen LogP contribution in [-0.2, 0) is 15.9 Å². The zero-order valence-corrected chi connectivity index (χ0v) is 40.5. The van der Waals surface area contributed by atoms with Crippen LogP contribution in [0, 0.1) is 0 Å². The highest BCUT2D eigenvalue weighted by Gasteiger charge is 2.68. The summed E-state index contributed by atoms with van der Waals surface area (Å²) in [6.45, 7) is -0.606. The minimum atomic E-state index is -1.09. The molecule has 70 heavy (non-hydrogen) atoms. The average molecular weight is 921 g/mol. The Morgan fingerprint density at radius 3 is 0.486 bits per heavy atom. The Morgan fingerprint density at radius 2 is 0.343 bits per heavy atom. The molecule has 0 fully saturated rings. The molecular weight excluding hydrogens is 863 g/mol. The van der Waals surface area contributed by atoms with E-state index in [-0.39, 0.29) is 0 Å². The van der Waals surface area contributed by atoms with Crippen molar-refractivity contribution in [1.29, 1.82) is 0 Å². The third-order valence-corrected chi connectivity index (χ3v) is 14.3. The second-order valence-corrected chi connectivity index (χ2v) is 17.3. The fourth-order valence-corrected chi connectivity index (χ4v) is 11.2. The van der Waals surface area contributed by atoms with Crippen molar-refractivity contribution in [2.24, 2.45) is 0 Å². The molecule has 0 saturated carbocycles. The first kappa shape index (κ1) is 46.9. The topological polar surface area (TPSA) is 55.4 Å². The molecule has 0 atom stereocenters. The molecule has 6 nitrogen and oxygen atoms in total. The van der Waals surface area contributed by atoms with Gasteiger partial charge in [-0.1, -0.05) is 164 Å². The average Bonchev–Trinajstić information content (AvgIpc) is 3.45. The predicted molar refractivity (Wildman–Crippen MR) is 283 cm³/mol. The van der Waals surface area contributed by atoms with Gasteiger partial charge in [-0.2, -0.15) is 0 Å². The van der Waals surface area contributed by atoms with Crippen molar-refractivity contribution in [3.63, 3.8) is 0 Å². The Hall–Kier alpha value is -8.16. The predicted octanol–water partition coefficient (Wildman–Crippen LogP) is 13.3. The summed E-state index contributed by atoms with van der Waals surface area (Å²) in [6, 6.07) is 85.0. The Labute approximate surface area is 413 Å². The fourth-order valence-electron chi connectivity index (χ4n) is 11.2. The van der Waals surface area contributed by atoms with Crippen LogP contribution in [0.2, 0.25) is 0 Å². The molecule has 348 valence electrons. The molecule has 9 rings (SSSR count). The van der Waals surface area contributed by atoms with Crippen LogP contribution in [-0.4, -0.2) is 49.4 Å². The van der Waals surface area contributed by atoms with Crippen molar-refractivity contribution in [2.45, 2.75) is 15.9 Å². The van der Waals surface area contributed by atoms with Crippen molar-refractivity contribution in [3.8, 4) is 34.5 Å². The lowest BCUT2D eigenvalue weighted by atomic mass is 9.07. The van der Waals surface area contributed by atoms with Crippen LogP contribution < -0.4 is 28.4 Å². The normalized spacial score (nSPS) is 11.6. The van der Waals surface area contributed by atoms with Gasteiger partial charge in [0.05, 0.1) is 42.7 Å². The highest BCUT2D eigenvalue weighted by molar-refractivity contribution is 6.74. The molecular formula is C63H57BO6. The summed E-state index contributed by atoms with van der Waals surface area (Å²) in [6.07, 6.45) is 0. The van der Waals surface area contributed by atoms with Gasteiger partial charge in [0.25, 0.3) is 0 Å². The molecule has 0 heterocycles. The van der Waals surface area contributed by atoms with Gasteiger partial charge >= 0.3 is 0 Å². The van der Waals surface area contributed by atoms with Crippen molar-refractivity contribution in [2.75, 3.05) is 42.7 Å². The van der Waals surface area contributed by atoms with Crippen LogP contribution in [0.15, 0.2) is 237 Å². The van der Waals surface area contributed by atoms with Gasteiger partial charge in [0.15, 0.2) is 0 Å². The summed E-state index contributed by atoms with van der Waals surface area (Å²) in [7, 11) is 10.3. The van der Waals surface area contributed by atoms with E-state index in [4.69, 9.17) is 28.4 Å². The zero-order valence-electron chi connectivity index (χ0n) is 40.5. The number of rotatable bonds is 18. The van der Waals surface area contributed by atoms with Gasteiger partial charge < -0.3 is 28.4 Å². The van der Waals surface area contributed by atoms with E-state index in [1.807, 2.05) is 0 Å². The highest BCUT2D eigenvalue weighted by atomic mass is 16.5. The molecule has 0 bridgehead atoms. The maximum Gasteiger partial charge on any atom is 0.208 e. The molecule has 0 unspecified atom stereocenters.